The summed E-state index contributed by atoms with van der Waals surface area (Å²) in [5.41, 5.74) is 4.73. The van der Waals surface area contributed by atoms with Crippen LogP contribution in [0.2, 0.25) is 5.02 Å². The predicted octanol–water partition coefficient (Wildman–Crippen LogP) is 3.06. The molecule has 7 nitrogen and oxygen atoms in total. The second kappa shape index (κ2) is 5.81. The molecule has 0 atom stereocenters. The quantitative estimate of drug-likeness (QED) is 0.558. The second-order valence-corrected chi connectivity index (χ2v) is 6.78. The molecule has 3 aromatic heterocycles. The van der Waals surface area contributed by atoms with Crippen LogP contribution in [-0.2, 0) is 7.05 Å². The van der Waals surface area contributed by atoms with Crippen molar-refractivity contribution in [3.05, 3.63) is 48.1 Å². The second-order valence-electron chi connectivity index (χ2n) is 6.35. The lowest BCUT2D eigenvalue weighted by atomic mass is 10.0. The lowest BCUT2D eigenvalue weighted by molar-refractivity contribution is 0.608. The molecule has 1 aliphatic rings. The van der Waals surface area contributed by atoms with Gasteiger partial charge in [-0.15, -0.1) is 0 Å². The average molecular weight is 366 g/mol. The molecule has 1 fully saturated rings. The van der Waals surface area contributed by atoms with Crippen molar-refractivity contribution in [1.82, 2.24) is 29.4 Å². The van der Waals surface area contributed by atoms with E-state index in [9.17, 15) is 0 Å². The van der Waals surface area contributed by atoms with Crippen molar-refractivity contribution in [3.8, 4) is 22.5 Å². The summed E-state index contributed by atoms with van der Waals surface area (Å²) in [6.07, 6.45) is 6.34. The van der Waals surface area contributed by atoms with Crippen molar-refractivity contribution in [2.45, 2.75) is 6.42 Å². The molecular formula is C18H16ClN7. The summed E-state index contributed by atoms with van der Waals surface area (Å²) in [6.45, 7) is 2.02. The topological polar surface area (TPSA) is 64.1 Å². The Morgan fingerprint density at radius 1 is 1.04 bits per heavy atom. The summed E-state index contributed by atoms with van der Waals surface area (Å²) in [7, 11) is 1.93. The molecule has 0 amide bonds. The molecule has 0 saturated carbocycles. The fourth-order valence-corrected chi connectivity index (χ4v) is 3.48. The zero-order chi connectivity index (χ0) is 17.7. The number of nitrogens with zero attached hydrogens (tertiary/aromatic N) is 7. The van der Waals surface area contributed by atoms with Crippen LogP contribution in [0, 0.1) is 0 Å². The van der Waals surface area contributed by atoms with Gasteiger partial charge in [-0.1, -0.05) is 23.7 Å². The molecule has 0 aliphatic carbocycles. The molecule has 0 spiro atoms. The fourth-order valence-electron chi connectivity index (χ4n) is 3.35. The van der Waals surface area contributed by atoms with Gasteiger partial charge in [0, 0.05) is 36.3 Å². The monoisotopic (exact) mass is 365 g/mol. The standard InChI is InChI=1S/C18H16ClN7/c1-24-16(12-3-5-13(19)6-4-12)14(9-22-24)15-17-18(25-7-2-8-25)20-10-23-26(17)11-21-15/h3-6,9-11H,2,7-8H2,1H3. The van der Waals surface area contributed by atoms with E-state index in [1.54, 1.807) is 17.2 Å². The summed E-state index contributed by atoms with van der Waals surface area (Å²) >= 11 is 6.05. The largest absolute Gasteiger partial charge is 0.355 e. The molecule has 4 heterocycles. The van der Waals surface area contributed by atoms with Crippen molar-refractivity contribution >= 4 is 22.9 Å². The number of rotatable bonds is 3. The molecule has 1 aromatic carbocycles. The van der Waals surface area contributed by atoms with Crippen LogP contribution in [0.1, 0.15) is 6.42 Å². The molecule has 1 aliphatic heterocycles. The van der Waals surface area contributed by atoms with Gasteiger partial charge in [0.15, 0.2) is 5.82 Å². The highest BCUT2D eigenvalue weighted by Gasteiger charge is 2.24. The minimum atomic E-state index is 0.707. The van der Waals surface area contributed by atoms with E-state index in [0.717, 1.165) is 46.9 Å². The van der Waals surface area contributed by atoms with Gasteiger partial charge in [-0.25, -0.2) is 14.5 Å². The smallest absolute Gasteiger partial charge is 0.158 e. The molecule has 26 heavy (non-hydrogen) atoms. The number of halogens is 1. The molecule has 5 rings (SSSR count). The van der Waals surface area contributed by atoms with Crippen molar-refractivity contribution in [2.75, 3.05) is 18.0 Å². The fraction of sp³-hybridized carbons (Fsp3) is 0.222. The molecule has 0 radical (unpaired) electrons. The van der Waals surface area contributed by atoms with Gasteiger partial charge in [-0.2, -0.15) is 10.2 Å². The normalized spacial score (nSPS) is 14.0. The number of hydrogen-bond acceptors (Lipinski definition) is 5. The molecule has 4 aromatic rings. The van der Waals surface area contributed by atoms with Crippen LogP contribution in [0.5, 0.6) is 0 Å². The first-order chi connectivity index (χ1) is 12.7. The Labute approximate surface area is 154 Å². The number of hydrogen-bond donors (Lipinski definition) is 0. The van der Waals surface area contributed by atoms with Gasteiger partial charge in [0.1, 0.15) is 23.9 Å². The van der Waals surface area contributed by atoms with Gasteiger partial charge < -0.3 is 4.90 Å². The van der Waals surface area contributed by atoms with Crippen LogP contribution < -0.4 is 4.90 Å². The Balaban J connectivity index is 1.73. The summed E-state index contributed by atoms with van der Waals surface area (Å²) in [5.74, 6) is 0.921. The van der Waals surface area contributed by atoms with Crippen LogP contribution in [0.25, 0.3) is 28.0 Å². The molecule has 0 unspecified atom stereocenters. The SMILES string of the molecule is Cn1ncc(-c2ncn3ncnc(N4CCC4)c23)c1-c1ccc(Cl)cc1. The number of benzene rings is 1. The van der Waals surface area contributed by atoms with Crippen LogP contribution in [0.4, 0.5) is 5.82 Å². The lowest BCUT2D eigenvalue weighted by Gasteiger charge is -2.32. The summed E-state index contributed by atoms with van der Waals surface area (Å²) in [6, 6.07) is 7.75. The highest BCUT2D eigenvalue weighted by atomic mass is 35.5. The maximum absolute atomic E-state index is 6.05. The third-order valence-corrected chi connectivity index (χ3v) is 5.04. The maximum Gasteiger partial charge on any atom is 0.158 e. The molecule has 8 heteroatoms. The molecule has 1 saturated heterocycles. The number of anilines is 1. The number of aromatic nitrogens is 6. The van der Waals surface area contributed by atoms with Crippen LogP contribution in [-0.4, -0.2) is 42.5 Å². The van der Waals surface area contributed by atoms with E-state index in [4.69, 9.17) is 11.6 Å². The molecular weight excluding hydrogens is 350 g/mol. The molecule has 130 valence electrons. The predicted molar refractivity (Wildman–Crippen MR) is 100 cm³/mol. The van der Waals surface area contributed by atoms with E-state index in [0.29, 0.717) is 5.02 Å². The third-order valence-electron chi connectivity index (χ3n) is 4.78. The lowest BCUT2D eigenvalue weighted by Crippen LogP contribution is -2.38. The van der Waals surface area contributed by atoms with Crippen LogP contribution >= 0.6 is 11.6 Å². The van der Waals surface area contributed by atoms with Gasteiger partial charge in [0.2, 0.25) is 0 Å². The van der Waals surface area contributed by atoms with E-state index >= 15 is 0 Å². The van der Waals surface area contributed by atoms with Gasteiger partial charge in [-0.3, -0.25) is 4.68 Å². The zero-order valence-corrected chi connectivity index (χ0v) is 14.9. The minimum Gasteiger partial charge on any atom is -0.355 e. The van der Waals surface area contributed by atoms with Crippen molar-refractivity contribution in [2.24, 2.45) is 7.05 Å². The van der Waals surface area contributed by atoms with Crippen LogP contribution in [0.15, 0.2) is 43.1 Å². The first-order valence-corrected chi connectivity index (χ1v) is 8.82. The Morgan fingerprint density at radius 3 is 2.58 bits per heavy atom. The van der Waals surface area contributed by atoms with Crippen molar-refractivity contribution < 1.29 is 0 Å². The van der Waals surface area contributed by atoms with Crippen molar-refractivity contribution in [3.63, 3.8) is 0 Å². The van der Waals surface area contributed by atoms with Gasteiger partial charge >= 0.3 is 0 Å². The Hall–Kier alpha value is -2.93. The van der Waals surface area contributed by atoms with E-state index in [1.807, 2.05) is 42.2 Å². The minimum absolute atomic E-state index is 0.707. The Bertz CT molecular complexity index is 1090. The van der Waals surface area contributed by atoms with E-state index in [-0.39, 0.29) is 0 Å². The van der Waals surface area contributed by atoms with Gasteiger partial charge in [0.05, 0.1) is 11.9 Å². The molecule has 0 bridgehead atoms. The van der Waals surface area contributed by atoms with E-state index in [1.165, 1.54) is 6.42 Å². The number of fused-ring (bicyclic) bond motifs is 1. The number of imidazole rings is 1. The summed E-state index contributed by atoms with van der Waals surface area (Å²) in [4.78, 5) is 11.4. The summed E-state index contributed by atoms with van der Waals surface area (Å²) < 4.78 is 3.64. The third kappa shape index (κ3) is 2.28. The average Bonchev–Trinajstić information content (AvgIpc) is 3.18. The van der Waals surface area contributed by atoms with Crippen molar-refractivity contribution in [1.29, 1.82) is 0 Å². The van der Waals surface area contributed by atoms with Gasteiger partial charge in [-0.05, 0) is 18.6 Å². The highest BCUT2D eigenvalue weighted by Crippen LogP contribution is 2.36. The first kappa shape index (κ1) is 15.3. The first-order valence-electron chi connectivity index (χ1n) is 8.44. The number of aryl methyl sites for hydroxylation is 1. The van der Waals surface area contributed by atoms with E-state index in [2.05, 4.69) is 25.1 Å². The Kier molecular flexibility index (Phi) is 3.43. The van der Waals surface area contributed by atoms with Gasteiger partial charge in [0.25, 0.3) is 0 Å². The zero-order valence-electron chi connectivity index (χ0n) is 14.2. The van der Waals surface area contributed by atoms with Crippen LogP contribution in [0.3, 0.4) is 0 Å². The highest BCUT2D eigenvalue weighted by molar-refractivity contribution is 6.30. The molecule has 0 N–H and O–H groups in total. The Morgan fingerprint density at radius 2 is 1.85 bits per heavy atom. The summed E-state index contributed by atoms with van der Waals surface area (Å²) in [5, 5.41) is 9.50. The maximum atomic E-state index is 6.05. The van der Waals surface area contributed by atoms with E-state index < -0.39 is 0 Å².